The van der Waals surface area contributed by atoms with Crippen molar-refractivity contribution >= 4 is 11.8 Å². The summed E-state index contributed by atoms with van der Waals surface area (Å²) in [6.07, 6.45) is -0.161. The minimum atomic E-state index is -1.80. The summed E-state index contributed by atoms with van der Waals surface area (Å²) in [6, 6.07) is 11.2. The lowest BCUT2D eigenvalue weighted by Gasteiger charge is -2.22. The fourth-order valence-corrected chi connectivity index (χ4v) is 3.36. The van der Waals surface area contributed by atoms with Gasteiger partial charge in [0, 0.05) is 31.4 Å². The Kier molecular flexibility index (Phi) is 7.37. The molecule has 3 rings (SSSR count). The second kappa shape index (κ2) is 10.2. The highest BCUT2D eigenvalue weighted by atomic mass is 16.5. The van der Waals surface area contributed by atoms with Gasteiger partial charge in [-0.15, -0.1) is 0 Å². The first-order chi connectivity index (χ1) is 14.5. The third-order valence-corrected chi connectivity index (χ3v) is 5.02. The first-order valence-corrected chi connectivity index (χ1v) is 10.1. The topological polar surface area (TPSA) is 112 Å². The number of ether oxygens (including phenoxy) is 1. The van der Waals surface area contributed by atoms with Crippen LogP contribution in [0.4, 0.5) is 0 Å². The summed E-state index contributed by atoms with van der Waals surface area (Å²) in [5.41, 5.74) is 2.60. The second-order valence-electron chi connectivity index (χ2n) is 7.13. The Morgan fingerprint density at radius 3 is 2.50 bits per heavy atom. The zero-order valence-electron chi connectivity index (χ0n) is 17.0. The van der Waals surface area contributed by atoms with Crippen LogP contribution in [-0.2, 0) is 16.1 Å². The number of benzene rings is 1. The molecule has 2 heterocycles. The lowest BCUT2D eigenvalue weighted by molar-refractivity contribution is -0.152. The molecule has 8 nitrogen and oxygen atoms in total. The fourth-order valence-electron chi connectivity index (χ4n) is 3.36. The highest BCUT2D eigenvalue weighted by Gasteiger charge is 2.34. The Hall–Kier alpha value is -2.97. The van der Waals surface area contributed by atoms with Crippen molar-refractivity contribution in [1.82, 2.24) is 15.2 Å². The average Bonchev–Trinajstić information content (AvgIpc) is 3.32. The van der Waals surface area contributed by atoms with Gasteiger partial charge in [0.15, 0.2) is 12.2 Å². The molecule has 3 N–H and O–H groups in total. The molecular weight excluding hydrogens is 386 g/mol. The number of aromatic nitrogens is 1. The number of amides is 2. The van der Waals surface area contributed by atoms with Gasteiger partial charge in [0.05, 0.1) is 6.61 Å². The molecule has 1 aliphatic rings. The molecule has 160 valence electrons. The molecule has 30 heavy (non-hydrogen) atoms. The van der Waals surface area contributed by atoms with E-state index in [2.05, 4.69) is 10.3 Å². The normalized spacial score (nSPS) is 15.5. The number of carbonyl (C=O) groups is 2. The zero-order chi connectivity index (χ0) is 21.5. The van der Waals surface area contributed by atoms with Crippen molar-refractivity contribution in [2.24, 2.45) is 0 Å². The standard InChI is InChI=1S/C22H27N3O5/c1-2-30-21-17(6-5-11-23-21)16-9-7-15(8-10-16)14-24-20(28)18(26)19(27)22(29)25-12-3-4-13-25/h5-11,18-19,26-27H,2-4,12-14H2,1H3,(H,24,28)/t18-,19-/m1/s1. The fraction of sp³-hybridized carbons (Fsp3) is 0.409. The quantitative estimate of drug-likeness (QED) is 0.598. The number of hydrogen-bond acceptors (Lipinski definition) is 6. The summed E-state index contributed by atoms with van der Waals surface area (Å²) in [5.74, 6) is -0.841. The zero-order valence-corrected chi connectivity index (χ0v) is 17.0. The number of aliphatic hydroxyl groups is 2. The lowest BCUT2D eigenvalue weighted by Crippen LogP contribution is -2.50. The number of likely N-dealkylation sites (tertiary alicyclic amines) is 1. The molecule has 2 aromatic rings. The van der Waals surface area contributed by atoms with Gasteiger partial charge in [-0.3, -0.25) is 9.59 Å². The predicted octanol–water partition coefficient (Wildman–Crippen LogP) is 1.11. The molecule has 1 aromatic heterocycles. The molecule has 2 amide bonds. The summed E-state index contributed by atoms with van der Waals surface area (Å²) in [5, 5.41) is 22.6. The van der Waals surface area contributed by atoms with Crippen molar-refractivity contribution in [1.29, 1.82) is 0 Å². The monoisotopic (exact) mass is 413 g/mol. The molecule has 0 unspecified atom stereocenters. The summed E-state index contributed by atoms with van der Waals surface area (Å²) >= 11 is 0. The van der Waals surface area contributed by atoms with E-state index in [4.69, 9.17) is 4.74 Å². The third kappa shape index (κ3) is 5.14. The van der Waals surface area contributed by atoms with Crippen LogP contribution in [0.15, 0.2) is 42.6 Å². The summed E-state index contributed by atoms with van der Waals surface area (Å²) in [7, 11) is 0. The maximum Gasteiger partial charge on any atom is 0.254 e. The van der Waals surface area contributed by atoms with Crippen molar-refractivity contribution in [2.45, 2.75) is 38.5 Å². The van der Waals surface area contributed by atoms with Crippen LogP contribution in [0.5, 0.6) is 5.88 Å². The molecule has 0 spiro atoms. The Balaban J connectivity index is 1.57. The van der Waals surface area contributed by atoms with E-state index in [1.807, 2.05) is 43.3 Å². The molecule has 1 aliphatic heterocycles. The van der Waals surface area contributed by atoms with Gasteiger partial charge in [0.2, 0.25) is 5.88 Å². The number of nitrogens with one attached hydrogen (secondary N) is 1. The minimum absolute atomic E-state index is 0.159. The van der Waals surface area contributed by atoms with E-state index in [9.17, 15) is 19.8 Å². The Bertz CT molecular complexity index is 865. The van der Waals surface area contributed by atoms with E-state index >= 15 is 0 Å². The van der Waals surface area contributed by atoms with E-state index in [-0.39, 0.29) is 6.54 Å². The molecule has 0 aliphatic carbocycles. The predicted molar refractivity (Wildman–Crippen MR) is 111 cm³/mol. The van der Waals surface area contributed by atoms with Crippen LogP contribution >= 0.6 is 0 Å². The van der Waals surface area contributed by atoms with E-state index in [0.29, 0.717) is 25.6 Å². The maximum absolute atomic E-state index is 12.2. The van der Waals surface area contributed by atoms with E-state index in [0.717, 1.165) is 29.5 Å². The van der Waals surface area contributed by atoms with E-state index in [1.165, 1.54) is 4.90 Å². The van der Waals surface area contributed by atoms with Crippen LogP contribution in [0.1, 0.15) is 25.3 Å². The summed E-state index contributed by atoms with van der Waals surface area (Å²) in [4.78, 5) is 30.0. The van der Waals surface area contributed by atoms with Crippen LogP contribution < -0.4 is 10.1 Å². The first-order valence-electron chi connectivity index (χ1n) is 10.1. The Morgan fingerprint density at radius 1 is 1.13 bits per heavy atom. The molecule has 1 saturated heterocycles. The number of hydrogen-bond donors (Lipinski definition) is 3. The van der Waals surface area contributed by atoms with Gasteiger partial charge in [-0.05, 0) is 43.0 Å². The van der Waals surface area contributed by atoms with E-state index < -0.39 is 24.0 Å². The maximum atomic E-state index is 12.2. The molecule has 0 saturated carbocycles. The molecular formula is C22H27N3O5. The van der Waals surface area contributed by atoms with Gasteiger partial charge >= 0.3 is 0 Å². The van der Waals surface area contributed by atoms with Gasteiger partial charge < -0.3 is 25.2 Å². The molecule has 0 radical (unpaired) electrons. The van der Waals surface area contributed by atoms with Crippen LogP contribution in [-0.4, -0.2) is 63.8 Å². The molecule has 8 heteroatoms. The Labute approximate surface area is 175 Å². The largest absolute Gasteiger partial charge is 0.478 e. The van der Waals surface area contributed by atoms with Crippen molar-refractivity contribution in [3.8, 4) is 17.0 Å². The average molecular weight is 413 g/mol. The Morgan fingerprint density at radius 2 is 1.83 bits per heavy atom. The highest BCUT2D eigenvalue weighted by molar-refractivity contribution is 5.90. The number of nitrogens with zero attached hydrogens (tertiary/aromatic N) is 2. The summed E-state index contributed by atoms with van der Waals surface area (Å²) in [6.45, 7) is 3.65. The van der Waals surface area contributed by atoms with Gasteiger partial charge in [-0.25, -0.2) is 4.98 Å². The number of rotatable bonds is 8. The smallest absolute Gasteiger partial charge is 0.254 e. The van der Waals surface area contributed by atoms with Crippen molar-refractivity contribution in [2.75, 3.05) is 19.7 Å². The number of pyridine rings is 1. The van der Waals surface area contributed by atoms with Crippen LogP contribution in [0, 0.1) is 0 Å². The van der Waals surface area contributed by atoms with Crippen LogP contribution in [0.3, 0.4) is 0 Å². The van der Waals surface area contributed by atoms with Crippen LogP contribution in [0.2, 0.25) is 0 Å². The number of aliphatic hydroxyl groups excluding tert-OH is 2. The number of carbonyl (C=O) groups excluding carboxylic acids is 2. The van der Waals surface area contributed by atoms with Gasteiger partial charge in [-0.1, -0.05) is 24.3 Å². The van der Waals surface area contributed by atoms with Crippen molar-refractivity contribution < 1.29 is 24.5 Å². The molecule has 0 bridgehead atoms. The minimum Gasteiger partial charge on any atom is -0.478 e. The second-order valence-corrected chi connectivity index (χ2v) is 7.13. The van der Waals surface area contributed by atoms with Gasteiger partial charge in [0.1, 0.15) is 0 Å². The molecule has 1 aromatic carbocycles. The third-order valence-electron chi connectivity index (χ3n) is 5.02. The van der Waals surface area contributed by atoms with Crippen LogP contribution in [0.25, 0.3) is 11.1 Å². The SMILES string of the molecule is CCOc1ncccc1-c1ccc(CNC(=O)[C@H](O)[C@@H](O)C(=O)N2CCCC2)cc1. The van der Waals surface area contributed by atoms with Crippen molar-refractivity contribution in [3.05, 3.63) is 48.2 Å². The first kappa shape index (κ1) is 21.7. The highest BCUT2D eigenvalue weighted by Crippen LogP contribution is 2.27. The molecule has 2 atom stereocenters. The van der Waals surface area contributed by atoms with E-state index in [1.54, 1.807) is 6.20 Å². The van der Waals surface area contributed by atoms with Crippen molar-refractivity contribution in [3.63, 3.8) is 0 Å². The lowest BCUT2D eigenvalue weighted by atomic mass is 10.0. The van der Waals surface area contributed by atoms with Gasteiger partial charge in [-0.2, -0.15) is 0 Å². The van der Waals surface area contributed by atoms with Gasteiger partial charge in [0.25, 0.3) is 11.8 Å². The molecule has 1 fully saturated rings. The summed E-state index contributed by atoms with van der Waals surface area (Å²) < 4.78 is 5.55.